The first-order valence-electron chi connectivity index (χ1n) is 5.64. The second kappa shape index (κ2) is 5.88. The highest BCUT2D eigenvalue weighted by atomic mass is 28.3. The van der Waals surface area contributed by atoms with Crippen LogP contribution >= 0.6 is 0 Å². The molecule has 86 valence electrons. The van der Waals surface area contributed by atoms with E-state index >= 15 is 0 Å². The molecule has 0 rings (SSSR count). The summed E-state index contributed by atoms with van der Waals surface area (Å²) in [6.45, 7) is 13.4. The lowest BCUT2D eigenvalue weighted by Gasteiger charge is -2.28. The monoisotopic (exact) mass is 217 g/mol. The Morgan fingerprint density at radius 1 is 1.21 bits per heavy atom. The van der Waals surface area contributed by atoms with Crippen LogP contribution in [0.25, 0.3) is 0 Å². The van der Waals surface area contributed by atoms with Crippen LogP contribution in [0.5, 0.6) is 0 Å². The van der Waals surface area contributed by atoms with Gasteiger partial charge in [-0.25, -0.2) is 0 Å². The number of hydrogen-bond acceptors (Lipinski definition) is 2. The minimum atomic E-state index is -0.958. The Kier molecular flexibility index (Phi) is 5.94. The van der Waals surface area contributed by atoms with E-state index in [0.717, 1.165) is 12.8 Å². The van der Waals surface area contributed by atoms with Gasteiger partial charge in [-0.1, -0.05) is 27.7 Å². The largest absolute Gasteiger partial charge is 0.406 e. The van der Waals surface area contributed by atoms with Gasteiger partial charge < -0.3 is 10.2 Å². The molecule has 0 saturated carbocycles. The van der Waals surface area contributed by atoms with Crippen LogP contribution in [-0.2, 0) is 4.43 Å². The molecule has 0 aromatic heterocycles. The molecule has 2 unspecified atom stereocenters. The molecule has 0 heterocycles. The standard InChI is InChI=1S/C11H27NOSi/c1-9(11(2,3)4)7-8-10(12)13-14(5)6/h9-10,14H,7-8,12H2,1-6H3. The predicted molar refractivity (Wildman–Crippen MR) is 65.8 cm³/mol. The minimum Gasteiger partial charge on any atom is -0.406 e. The maximum atomic E-state index is 5.88. The van der Waals surface area contributed by atoms with Gasteiger partial charge in [-0.05, 0) is 37.3 Å². The van der Waals surface area contributed by atoms with Crippen LogP contribution in [0, 0.1) is 11.3 Å². The summed E-state index contributed by atoms with van der Waals surface area (Å²) in [6, 6.07) is 0. The summed E-state index contributed by atoms with van der Waals surface area (Å²) in [6.07, 6.45) is 2.11. The zero-order chi connectivity index (χ0) is 11.4. The summed E-state index contributed by atoms with van der Waals surface area (Å²) in [5.74, 6) is 0.700. The third-order valence-electron chi connectivity index (χ3n) is 2.81. The van der Waals surface area contributed by atoms with Crippen LogP contribution in [-0.4, -0.2) is 15.3 Å². The molecular formula is C11H27NOSi. The SMILES string of the molecule is CC(CCC(N)O[SiH](C)C)C(C)(C)C. The molecular weight excluding hydrogens is 190 g/mol. The lowest BCUT2D eigenvalue weighted by Crippen LogP contribution is -2.30. The summed E-state index contributed by atoms with van der Waals surface area (Å²) in [5, 5.41) is 0. The molecule has 0 saturated heterocycles. The second-order valence-corrected chi connectivity index (χ2v) is 7.94. The fourth-order valence-corrected chi connectivity index (χ4v) is 2.10. The average Bonchev–Trinajstić information content (AvgIpc) is 1.96. The number of nitrogens with two attached hydrogens (primary N) is 1. The minimum absolute atomic E-state index is 0.0357. The summed E-state index contributed by atoms with van der Waals surface area (Å²) < 4.78 is 5.63. The molecule has 2 N–H and O–H groups in total. The van der Waals surface area contributed by atoms with E-state index in [2.05, 4.69) is 40.8 Å². The smallest absolute Gasteiger partial charge is 0.173 e. The average molecular weight is 217 g/mol. The Morgan fingerprint density at radius 2 is 1.71 bits per heavy atom. The predicted octanol–water partition coefficient (Wildman–Crippen LogP) is 2.73. The first-order chi connectivity index (χ1) is 6.23. The maximum absolute atomic E-state index is 5.88. The van der Waals surface area contributed by atoms with Crippen LogP contribution in [0.4, 0.5) is 0 Å². The van der Waals surface area contributed by atoms with Gasteiger partial charge in [0.1, 0.15) is 0 Å². The number of rotatable bonds is 5. The van der Waals surface area contributed by atoms with E-state index in [1.54, 1.807) is 0 Å². The van der Waals surface area contributed by atoms with E-state index in [1.807, 2.05) is 0 Å². The summed E-state index contributed by atoms with van der Waals surface area (Å²) in [7, 11) is -0.958. The summed E-state index contributed by atoms with van der Waals surface area (Å²) in [5.41, 5.74) is 6.26. The molecule has 0 bridgehead atoms. The van der Waals surface area contributed by atoms with Crippen molar-refractivity contribution in [3.8, 4) is 0 Å². The molecule has 0 aliphatic carbocycles. The highest BCUT2D eigenvalue weighted by Crippen LogP contribution is 2.29. The molecule has 14 heavy (non-hydrogen) atoms. The Hall–Kier alpha value is 0.137. The molecule has 0 aromatic carbocycles. The van der Waals surface area contributed by atoms with Crippen molar-refractivity contribution in [2.75, 3.05) is 0 Å². The van der Waals surface area contributed by atoms with E-state index in [-0.39, 0.29) is 6.23 Å². The molecule has 3 heteroatoms. The zero-order valence-corrected chi connectivity index (χ0v) is 11.8. The van der Waals surface area contributed by atoms with Gasteiger partial charge in [-0.3, -0.25) is 0 Å². The maximum Gasteiger partial charge on any atom is 0.173 e. The van der Waals surface area contributed by atoms with Crippen LogP contribution in [0.3, 0.4) is 0 Å². The van der Waals surface area contributed by atoms with Gasteiger partial charge in [0.2, 0.25) is 0 Å². The fourth-order valence-electron chi connectivity index (χ4n) is 1.26. The fraction of sp³-hybridized carbons (Fsp3) is 1.00. The Balaban J connectivity index is 3.72. The molecule has 0 radical (unpaired) electrons. The molecule has 2 atom stereocenters. The van der Waals surface area contributed by atoms with Crippen molar-refractivity contribution < 1.29 is 4.43 Å². The Morgan fingerprint density at radius 3 is 2.07 bits per heavy atom. The first-order valence-corrected chi connectivity index (χ1v) is 8.42. The van der Waals surface area contributed by atoms with Crippen LogP contribution < -0.4 is 5.73 Å². The van der Waals surface area contributed by atoms with E-state index in [4.69, 9.17) is 10.2 Å². The van der Waals surface area contributed by atoms with Gasteiger partial charge in [0, 0.05) is 0 Å². The summed E-state index contributed by atoms with van der Waals surface area (Å²) in [4.78, 5) is 0. The Bertz CT molecular complexity index is 154. The van der Waals surface area contributed by atoms with Gasteiger partial charge in [-0.2, -0.15) is 0 Å². The third kappa shape index (κ3) is 6.57. The van der Waals surface area contributed by atoms with Gasteiger partial charge in [0.25, 0.3) is 0 Å². The van der Waals surface area contributed by atoms with Crippen molar-refractivity contribution in [1.82, 2.24) is 0 Å². The van der Waals surface area contributed by atoms with E-state index in [9.17, 15) is 0 Å². The molecule has 0 aromatic rings. The lowest BCUT2D eigenvalue weighted by molar-refractivity contribution is 0.165. The van der Waals surface area contributed by atoms with E-state index in [0.29, 0.717) is 11.3 Å². The number of hydrogen-bond donors (Lipinski definition) is 1. The third-order valence-corrected chi connectivity index (χ3v) is 3.70. The van der Waals surface area contributed by atoms with Crippen molar-refractivity contribution in [2.45, 2.75) is 59.9 Å². The van der Waals surface area contributed by atoms with Crippen molar-refractivity contribution in [1.29, 1.82) is 0 Å². The van der Waals surface area contributed by atoms with Crippen LogP contribution in [0.15, 0.2) is 0 Å². The van der Waals surface area contributed by atoms with Crippen LogP contribution in [0.2, 0.25) is 13.1 Å². The second-order valence-electron chi connectivity index (χ2n) is 5.57. The topological polar surface area (TPSA) is 35.2 Å². The van der Waals surface area contributed by atoms with Crippen molar-refractivity contribution >= 4 is 9.04 Å². The molecule has 0 fully saturated rings. The van der Waals surface area contributed by atoms with Gasteiger partial charge in [0.05, 0.1) is 6.23 Å². The molecule has 0 aliphatic heterocycles. The van der Waals surface area contributed by atoms with Crippen LogP contribution in [0.1, 0.15) is 40.5 Å². The van der Waals surface area contributed by atoms with Gasteiger partial charge in [-0.15, -0.1) is 0 Å². The van der Waals surface area contributed by atoms with Crippen molar-refractivity contribution in [3.63, 3.8) is 0 Å². The quantitative estimate of drug-likeness (QED) is 0.568. The zero-order valence-electron chi connectivity index (χ0n) is 10.6. The van der Waals surface area contributed by atoms with E-state index < -0.39 is 9.04 Å². The van der Waals surface area contributed by atoms with Gasteiger partial charge >= 0.3 is 0 Å². The first kappa shape index (κ1) is 14.1. The Labute approximate surface area is 90.9 Å². The van der Waals surface area contributed by atoms with Crippen molar-refractivity contribution in [2.24, 2.45) is 17.1 Å². The van der Waals surface area contributed by atoms with Crippen molar-refractivity contribution in [3.05, 3.63) is 0 Å². The highest BCUT2D eigenvalue weighted by molar-refractivity contribution is 6.48. The molecule has 0 amide bonds. The van der Waals surface area contributed by atoms with Gasteiger partial charge in [0.15, 0.2) is 9.04 Å². The van der Waals surface area contributed by atoms with E-state index in [1.165, 1.54) is 0 Å². The molecule has 0 spiro atoms. The lowest BCUT2D eigenvalue weighted by atomic mass is 9.79. The molecule has 2 nitrogen and oxygen atoms in total. The molecule has 0 aliphatic rings. The summed E-state index contributed by atoms with van der Waals surface area (Å²) >= 11 is 0. The highest BCUT2D eigenvalue weighted by Gasteiger charge is 2.20. The normalized spacial score (nSPS) is 17.1.